The molecule has 0 unspecified atom stereocenters. The summed E-state index contributed by atoms with van der Waals surface area (Å²) in [5.41, 5.74) is 1.32. The molecule has 2 aliphatic heterocycles. The molecule has 1 N–H and O–H groups in total. The van der Waals surface area contributed by atoms with Crippen LogP contribution in [0.5, 0.6) is 0 Å². The first-order valence-corrected chi connectivity index (χ1v) is 12.4. The highest BCUT2D eigenvalue weighted by atomic mass is 16.2. The van der Waals surface area contributed by atoms with Gasteiger partial charge in [-0.15, -0.1) is 0 Å². The van der Waals surface area contributed by atoms with Crippen molar-refractivity contribution in [2.45, 2.75) is 58.3 Å². The highest BCUT2D eigenvalue weighted by molar-refractivity contribution is 5.84. The van der Waals surface area contributed by atoms with Crippen LogP contribution in [0.2, 0.25) is 0 Å². The van der Waals surface area contributed by atoms with E-state index in [4.69, 9.17) is 9.97 Å². The molecule has 7 heteroatoms. The SMILES string of the molecule is CNc1cc(C)nc([C@]2(C)CCCN(C(=O)C3(Cc4ccccc4)CCN(C(C)=O)CC3)C2)n1. The van der Waals surface area contributed by atoms with Gasteiger partial charge < -0.3 is 15.1 Å². The minimum absolute atomic E-state index is 0.0863. The first kappa shape index (κ1) is 24.2. The van der Waals surface area contributed by atoms with Crippen LogP contribution >= 0.6 is 0 Å². The fraction of sp³-hybridized carbons (Fsp3) is 0.556. The summed E-state index contributed by atoms with van der Waals surface area (Å²) in [6.45, 7) is 8.42. The van der Waals surface area contributed by atoms with Gasteiger partial charge in [-0.3, -0.25) is 9.59 Å². The molecule has 0 spiro atoms. The van der Waals surface area contributed by atoms with Gasteiger partial charge in [0.05, 0.1) is 5.41 Å². The van der Waals surface area contributed by atoms with Gasteiger partial charge in [0.25, 0.3) is 0 Å². The predicted molar refractivity (Wildman–Crippen MR) is 134 cm³/mol. The minimum atomic E-state index is -0.491. The van der Waals surface area contributed by atoms with Gasteiger partial charge in [0, 0.05) is 57.3 Å². The van der Waals surface area contributed by atoms with E-state index in [0.29, 0.717) is 38.9 Å². The van der Waals surface area contributed by atoms with Crippen molar-refractivity contribution in [3.63, 3.8) is 0 Å². The fourth-order valence-electron chi connectivity index (χ4n) is 5.60. The molecule has 34 heavy (non-hydrogen) atoms. The molecule has 7 nitrogen and oxygen atoms in total. The Morgan fingerprint density at radius 3 is 2.38 bits per heavy atom. The van der Waals surface area contributed by atoms with Gasteiger partial charge >= 0.3 is 0 Å². The molecule has 182 valence electrons. The summed E-state index contributed by atoms with van der Waals surface area (Å²) in [5.74, 6) is 1.91. The third-order valence-electron chi connectivity index (χ3n) is 7.64. The molecule has 2 aromatic rings. The Labute approximate surface area is 203 Å². The molecule has 1 atom stereocenters. The molecule has 4 rings (SSSR count). The average Bonchev–Trinajstić information content (AvgIpc) is 2.84. The third kappa shape index (κ3) is 4.93. The first-order valence-electron chi connectivity index (χ1n) is 12.4. The van der Waals surface area contributed by atoms with E-state index in [0.717, 1.165) is 36.7 Å². The van der Waals surface area contributed by atoms with E-state index in [1.165, 1.54) is 5.56 Å². The van der Waals surface area contributed by atoms with Crippen molar-refractivity contribution in [2.24, 2.45) is 5.41 Å². The number of nitrogens with one attached hydrogen (secondary N) is 1. The van der Waals surface area contributed by atoms with Gasteiger partial charge in [0.15, 0.2) is 0 Å². The number of aromatic nitrogens is 2. The first-order chi connectivity index (χ1) is 16.2. The zero-order chi connectivity index (χ0) is 24.3. The summed E-state index contributed by atoms with van der Waals surface area (Å²) < 4.78 is 0. The summed E-state index contributed by atoms with van der Waals surface area (Å²) in [5, 5.41) is 3.13. The Kier molecular flexibility index (Phi) is 6.91. The van der Waals surface area contributed by atoms with Crippen LogP contribution in [-0.2, 0) is 21.4 Å². The van der Waals surface area contributed by atoms with E-state index in [2.05, 4.69) is 29.3 Å². The van der Waals surface area contributed by atoms with Crippen LogP contribution in [0, 0.1) is 12.3 Å². The largest absolute Gasteiger partial charge is 0.373 e. The maximum Gasteiger partial charge on any atom is 0.229 e. The summed E-state index contributed by atoms with van der Waals surface area (Å²) in [6, 6.07) is 12.2. The number of benzene rings is 1. The van der Waals surface area contributed by atoms with Crippen LogP contribution in [0.25, 0.3) is 0 Å². The number of carbonyl (C=O) groups is 2. The molecule has 2 aliphatic rings. The number of piperidine rings is 2. The number of hydrogen-bond donors (Lipinski definition) is 1. The number of rotatable bonds is 5. The number of likely N-dealkylation sites (tertiary alicyclic amines) is 2. The molecular weight excluding hydrogens is 426 g/mol. The average molecular weight is 464 g/mol. The van der Waals surface area contributed by atoms with E-state index in [1.807, 2.05) is 43.1 Å². The van der Waals surface area contributed by atoms with E-state index < -0.39 is 5.41 Å². The van der Waals surface area contributed by atoms with Crippen molar-refractivity contribution in [1.82, 2.24) is 19.8 Å². The Hall–Kier alpha value is -2.96. The lowest BCUT2D eigenvalue weighted by molar-refractivity contribution is -0.150. The summed E-state index contributed by atoms with van der Waals surface area (Å²) >= 11 is 0. The van der Waals surface area contributed by atoms with Gasteiger partial charge in [-0.25, -0.2) is 9.97 Å². The van der Waals surface area contributed by atoms with E-state index >= 15 is 0 Å². The standard InChI is InChI=1S/C27H37N5O2/c1-20-17-23(28-4)30-24(29-20)26(3)11-8-14-32(19-26)25(34)27(18-22-9-6-5-7-10-22)12-15-31(16-13-27)21(2)33/h5-7,9-10,17H,8,11-16,18-19H2,1-4H3,(H,28,29,30)/t26-/m1/s1. The second-order valence-electron chi connectivity index (χ2n) is 10.3. The van der Waals surface area contributed by atoms with Crippen LogP contribution in [-0.4, -0.2) is 64.8 Å². The normalized spacial score (nSPS) is 22.4. The Balaban J connectivity index is 1.61. The summed E-state index contributed by atoms with van der Waals surface area (Å²) in [7, 11) is 1.87. The van der Waals surface area contributed by atoms with Crippen molar-refractivity contribution >= 4 is 17.6 Å². The molecule has 2 saturated heterocycles. The molecular formula is C27H37N5O2. The fourth-order valence-corrected chi connectivity index (χ4v) is 5.60. The molecule has 2 fully saturated rings. The van der Waals surface area contributed by atoms with E-state index in [1.54, 1.807) is 6.92 Å². The Morgan fingerprint density at radius 1 is 1.03 bits per heavy atom. The van der Waals surface area contributed by atoms with Crippen molar-refractivity contribution in [3.05, 3.63) is 53.5 Å². The zero-order valence-corrected chi connectivity index (χ0v) is 20.9. The van der Waals surface area contributed by atoms with Crippen LogP contribution < -0.4 is 5.32 Å². The lowest BCUT2D eigenvalue weighted by Crippen LogP contribution is -2.56. The maximum absolute atomic E-state index is 14.2. The molecule has 2 amide bonds. The number of carbonyl (C=O) groups excluding carboxylic acids is 2. The number of amides is 2. The third-order valence-corrected chi connectivity index (χ3v) is 7.64. The minimum Gasteiger partial charge on any atom is -0.373 e. The van der Waals surface area contributed by atoms with Crippen molar-refractivity contribution in [3.8, 4) is 0 Å². The number of aryl methyl sites for hydroxylation is 1. The summed E-state index contributed by atoms with van der Waals surface area (Å²) in [4.78, 5) is 39.7. The molecule has 0 radical (unpaired) electrons. The van der Waals surface area contributed by atoms with Gasteiger partial charge in [-0.2, -0.15) is 0 Å². The number of anilines is 1. The number of hydrogen-bond acceptors (Lipinski definition) is 5. The molecule has 0 bridgehead atoms. The van der Waals surface area contributed by atoms with Crippen LogP contribution in [0.1, 0.15) is 56.6 Å². The lowest BCUT2D eigenvalue weighted by Gasteiger charge is -2.47. The second-order valence-corrected chi connectivity index (χ2v) is 10.3. The Bertz CT molecular complexity index is 1030. The van der Waals surface area contributed by atoms with Gasteiger partial charge in [0.1, 0.15) is 11.6 Å². The molecule has 3 heterocycles. The van der Waals surface area contributed by atoms with Crippen LogP contribution in [0.15, 0.2) is 36.4 Å². The van der Waals surface area contributed by atoms with Crippen molar-refractivity contribution in [1.29, 1.82) is 0 Å². The van der Waals surface area contributed by atoms with Gasteiger partial charge in [-0.1, -0.05) is 37.3 Å². The predicted octanol–water partition coefficient (Wildman–Crippen LogP) is 3.58. The molecule has 0 saturated carbocycles. The van der Waals surface area contributed by atoms with Gasteiger partial charge in [-0.05, 0) is 44.6 Å². The van der Waals surface area contributed by atoms with Crippen LogP contribution in [0.4, 0.5) is 5.82 Å². The highest BCUT2D eigenvalue weighted by Gasteiger charge is 2.47. The topological polar surface area (TPSA) is 78.4 Å². The van der Waals surface area contributed by atoms with Crippen molar-refractivity contribution in [2.75, 3.05) is 38.5 Å². The van der Waals surface area contributed by atoms with Gasteiger partial charge in [0.2, 0.25) is 11.8 Å². The quantitative estimate of drug-likeness (QED) is 0.733. The molecule has 0 aliphatic carbocycles. The van der Waals surface area contributed by atoms with E-state index in [-0.39, 0.29) is 17.2 Å². The highest BCUT2D eigenvalue weighted by Crippen LogP contribution is 2.40. The van der Waals surface area contributed by atoms with E-state index in [9.17, 15) is 9.59 Å². The van der Waals surface area contributed by atoms with Crippen LogP contribution in [0.3, 0.4) is 0 Å². The lowest BCUT2D eigenvalue weighted by atomic mass is 9.71. The zero-order valence-electron chi connectivity index (χ0n) is 20.9. The van der Waals surface area contributed by atoms with Crippen molar-refractivity contribution < 1.29 is 9.59 Å². The Morgan fingerprint density at radius 2 is 1.74 bits per heavy atom. The molecule has 1 aromatic heterocycles. The smallest absolute Gasteiger partial charge is 0.229 e. The second kappa shape index (κ2) is 9.72. The maximum atomic E-state index is 14.2. The number of nitrogens with zero attached hydrogens (tertiary/aromatic N) is 4. The summed E-state index contributed by atoms with van der Waals surface area (Å²) in [6.07, 6.45) is 3.97. The molecule has 1 aromatic carbocycles. The monoisotopic (exact) mass is 463 g/mol.